The van der Waals surface area contributed by atoms with Crippen LogP contribution in [0.2, 0.25) is 5.15 Å². The highest BCUT2D eigenvalue weighted by Crippen LogP contribution is 2.34. The molecular formula is C19H20ClF4N7O4. The van der Waals surface area contributed by atoms with Gasteiger partial charge in [0.05, 0.1) is 24.2 Å². The zero-order valence-electron chi connectivity index (χ0n) is 18.3. The number of carbonyl (C=O) groups is 1. The van der Waals surface area contributed by atoms with Gasteiger partial charge in [0.2, 0.25) is 0 Å². The zero-order chi connectivity index (χ0) is 25.3. The monoisotopic (exact) mass is 521 g/mol. The van der Waals surface area contributed by atoms with Gasteiger partial charge >= 0.3 is 12.5 Å². The first-order valence-corrected chi connectivity index (χ1v) is 10.7. The van der Waals surface area contributed by atoms with Crippen LogP contribution >= 0.6 is 11.6 Å². The van der Waals surface area contributed by atoms with Crippen LogP contribution in [0.4, 0.5) is 34.0 Å². The first kappa shape index (κ1) is 24.9. The van der Waals surface area contributed by atoms with Gasteiger partial charge in [0.15, 0.2) is 23.9 Å². The standard InChI is InChI=1S/C19H20ClF4N7O4/c1-8(2)25-18(32)35-12-7-33-16(15(12)21)10-4-14(29-28-10)27-17-11-3-9(6-34-19(22,23)24)30-31(11)5-13(20)26-17/h3-5,8,12,15-16H,6-7H2,1-2H3,(H,25,32)(H2,26,27,28,29)/t12-,15-,16-/m0/s1. The van der Waals surface area contributed by atoms with E-state index in [-0.39, 0.29) is 40.8 Å². The summed E-state index contributed by atoms with van der Waals surface area (Å²) in [6.07, 6.45) is -8.06. The molecule has 1 amide bonds. The number of ether oxygens (including phenoxy) is 3. The van der Waals surface area contributed by atoms with Crippen LogP contribution in [0.1, 0.15) is 31.3 Å². The third-order valence-electron chi connectivity index (χ3n) is 4.76. The van der Waals surface area contributed by atoms with E-state index in [4.69, 9.17) is 21.1 Å². The van der Waals surface area contributed by atoms with E-state index in [0.29, 0.717) is 5.52 Å². The van der Waals surface area contributed by atoms with Crippen molar-refractivity contribution in [3.05, 3.63) is 34.9 Å². The fourth-order valence-corrected chi connectivity index (χ4v) is 3.52. The number of H-pyrrole nitrogens is 1. The van der Waals surface area contributed by atoms with Gasteiger partial charge in [-0.1, -0.05) is 11.6 Å². The minimum atomic E-state index is -4.81. The number of anilines is 2. The number of rotatable bonds is 7. The van der Waals surface area contributed by atoms with Crippen LogP contribution in [0.25, 0.3) is 5.52 Å². The molecule has 3 N–H and O–H groups in total. The molecule has 1 saturated heterocycles. The molecule has 11 nitrogen and oxygen atoms in total. The number of hydrogen-bond donors (Lipinski definition) is 3. The number of nitrogens with one attached hydrogen (secondary N) is 3. The molecule has 1 fully saturated rings. The molecule has 0 bridgehead atoms. The van der Waals surface area contributed by atoms with Crippen molar-refractivity contribution in [1.82, 2.24) is 30.1 Å². The van der Waals surface area contributed by atoms with Crippen molar-refractivity contribution in [2.75, 3.05) is 11.9 Å². The second-order valence-electron chi connectivity index (χ2n) is 7.89. The third-order valence-corrected chi connectivity index (χ3v) is 4.94. The lowest BCUT2D eigenvalue weighted by molar-refractivity contribution is -0.330. The Morgan fingerprint density at radius 3 is 2.89 bits per heavy atom. The first-order valence-electron chi connectivity index (χ1n) is 10.3. The van der Waals surface area contributed by atoms with Gasteiger partial charge in [-0.2, -0.15) is 10.2 Å². The maximum absolute atomic E-state index is 14.9. The molecule has 0 saturated carbocycles. The van der Waals surface area contributed by atoms with E-state index in [1.807, 2.05) is 0 Å². The Bertz CT molecular complexity index is 1200. The van der Waals surface area contributed by atoms with Crippen LogP contribution in [0.5, 0.6) is 0 Å². The predicted octanol–water partition coefficient (Wildman–Crippen LogP) is 3.80. The van der Waals surface area contributed by atoms with E-state index in [1.54, 1.807) is 13.8 Å². The zero-order valence-corrected chi connectivity index (χ0v) is 19.0. The Balaban J connectivity index is 1.46. The minimum Gasteiger partial charge on any atom is -0.441 e. The first-order chi connectivity index (χ1) is 16.5. The van der Waals surface area contributed by atoms with Crippen molar-refractivity contribution in [1.29, 1.82) is 0 Å². The second kappa shape index (κ2) is 9.83. The molecule has 0 aliphatic carbocycles. The molecule has 0 unspecified atom stereocenters. The number of hydrogen-bond acceptors (Lipinski definition) is 8. The van der Waals surface area contributed by atoms with Crippen LogP contribution in [0.15, 0.2) is 18.3 Å². The molecule has 4 rings (SSSR count). The highest BCUT2D eigenvalue weighted by Gasteiger charge is 2.42. The summed E-state index contributed by atoms with van der Waals surface area (Å²) in [5, 5.41) is 16.1. The smallest absolute Gasteiger partial charge is 0.441 e. The lowest BCUT2D eigenvalue weighted by Crippen LogP contribution is -2.36. The number of amides is 1. The fraction of sp³-hybridized carbons (Fsp3) is 0.474. The Labute approximate surface area is 200 Å². The Hall–Kier alpha value is -3.17. The summed E-state index contributed by atoms with van der Waals surface area (Å²) >= 11 is 6.00. The molecule has 0 spiro atoms. The lowest BCUT2D eigenvalue weighted by atomic mass is 10.1. The van der Waals surface area contributed by atoms with Crippen molar-refractivity contribution < 1.29 is 36.6 Å². The van der Waals surface area contributed by atoms with Gasteiger partial charge < -0.3 is 20.1 Å². The minimum absolute atomic E-state index is 0.00441. The molecule has 0 radical (unpaired) electrons. The molecular weight excluding hydrogens is 502 g/mol. The number of halogens is 5. The SMILES string of the molecule is CC(C)NC(=O)O[C@H]1CO[C@@H](c2cc(Nc3nc(Cl)cn4nc(COC(F)(F)F)cc34)n[nH]2)[C@H]1F. The number of alkyl halides is 4. The van der Waals surface area contributed by atoms with Crippen molar-refractivity contribution in [3.63, 3.8) is 0 Å². The Kier molecular flexibility index (Phi) is 7.00. The fourth-order valence-electron chi connectivity index (χ4n) is 3.35. The molecule has 1 aliphatic heterocycles. The maximum atomic E-state index is 14.9. The highest BCUT2D eigenvalue weighted by atomic mass is 35.5. The number of aromatic nitrogens is 5. The Morgan fingerprint density at radius 2 is 2.17 bits per heavy atom. The van der Waals surface area contributed by atoms with Crippen molar-refractivity contribution in [2.45, 2.75) is 51.2 Å². The summed E-state index contributed by atoms with van der Waals surface area (Å²) < 4.78 is 67.5. The van der Waals surface area contributed by atoms with E-state index < -0.39 is 37.4 Å². The van der Waals surface area contributed by atoms with Gasteiger partial charge in [-0.25, -0.2) is 18.7 Å². The molecule has 3 aromatic heterocycles. The second-order valence-corrected chi connectivity index (χ2v) is 8.27. The molecule has 4 heterocycles. The van der Waals surface area contributed by atoms with Crippen molar-refractivity contribution in [2.24, 2.45) is 0 Å². The molecule has 16 heteroatoms. The van der Waals surface area contributed by atoms with Crippen LogP contribution < -0.4 is 10.6 Å². The quantitative estimate of drug-likeness (QED) is 0.401. The topological polar surface area (TPSA) is 128 Å². The summed E-state index contributed by atoms with van der Waals surface area (Å²) in [6, 6.07) is 2.62. The number of carbonyl (C=O) groups excluding carboxylic acids is 1. The van der Waals surface area contributed by atoms with Crippen LogP contribution in [0.3, 0.4) is 0 Å². The van der Waals surface area contributed by atoms with Crippen LogP contribution in [-0.4, -0.2) is 62.2 Å². The maximum Gasteiger partial charge on any atom is 0.522 e. The van der Waals surface area contributed by atoms with E-state index in [2.05, 4.69) is 35.7 Å². The van der Waals surface area contributed by atoms with Gasteiger partial charge in [0.1, 0.15) is 23.4 Å². The molecule has 190 valence electrons. The number of alkyl carbamates (subject to hydrolysis) is 1. The third kappa shape index (κ3) is 6.10. The lowest BCUT2D eigenvalue weighted by Gasteiger charge is -2.16. The molecule has 3 aromatic rings. The van der Waals surface area contributed by atoms with Crippen molar-refractivity contribution >= 4 is 34.8 Å². The normalized spacial score (nSPS) is 20.5. The number of nitrogens with zero attached hydrogens (tertiary/aromatic N) is 4. The van der Waals surface area contributed by atoms with E-state index in [0.717, 1.165) is 0 Å². The van der Waals surface area contributed by atoms with Gasteiger partial charge in [0, 0.05) is 12.1 Å². The average Bonchev–Trinajstić information content (AvgIpc) is 3.45. The summed E-state index contributed by atoms with van der Waals surface area (Å²) in [4.78, 5) is 15.9. The van der Waals surface area contributed by atoms with Crippen LogP contribution in [-0.2, 0) is 20.8 Å². The number of aromatic amines is 1. The van der Waals surface area contributed by atoms with Crippen LogP contribution in [0, 0.1) is 0 Å². The van der Waals surface area contributed by atoms with Gasteiger partial charge in [-0.3, -0.25) is 9.84 Å². The summed E-state index contributed by atoms with van der Waals surface area (Å²) in [5.41, 5.74) is 0.551. The van der Waals surface area contributed by atoms with Gasteiger partial charge in [-0.15, -0.1) is 13.2 Å². The summed E-state index contributed by atoms with van der Waals surface area (Å²) in [7, 11) is 0. The van der Waals surface area contributed by atoms with E-state index in [9.17, 15) is 22.4 Å². The molecule has 0 aromatic carbocycles. The average molecular weight is 522 g/mol. The number of fused-ring (bicyclic) bond motifs is 1. The van der Waals surface area contributed by atoms with E-state index >= 15 is 0 Å². The van der Waals surface area contributed by atoms with Gasteiger partial charge in [-0.05, 0) is 19.9 Å². The highest BCUT2D eigenvalue weighted by molar-refractivity contribution is 6.29. The van der Waals surface area contributed by atoms with Crippen molar-refractivity contribution in [3.8, 4) is 0 Å². The largest absolute Gasteiger partial charge is 0.522 e. The van der Waals surface area contributed by atoms with Gasteiger partial charge in [0.25, 0.3) is 0 Å². The molecule has 3 atom stereocenters. The summed E-state index contributed by atoms with van der Waals surface area (Å²) in [5.74, 6) is 0.334. The molecule has 35 heavy (non-hydrogen) atoms. The Morgan fingerprint density at radius 1 is 1.40 bits per heavy atom. The molecule has 1 aliphatic rings. The van der Waals surface area contributed by atoms with E-state index in [1.165, 1.54) is 22.8 Å². The predicted molar refractivity (Wildman–Crippen MR) is 113 cm³/mol. The summed E-state index contributed by atoms with van der Waals surface area (Å²) in [6.45, 7) is 2.54.